The van der Waals surface area contributed by atoms with Crippen molar-refractivity contribution in [2.45, 2.75) is 44.6 Å². The second-order valence-electron chi connectivity index (χ2n) is 5.25. The summed E-state index contributed by atoms with van der Waals surface area (Å²) in [6.45, 7) is 0. The first-order chi connectivity index (χ1) is 9.09. The summed E-state index contributed by atoms with van der Waals surface area (Å²) >= 11 is 9.36. The highest BCUT2D eigenvalue weighted by Crippen LogP contribution is 2.46. The van der Waals surface area contributed by atoms with Gasteiger partial charge in [-0.1, -0.05) is 59.3 Å². The number of hydrogen-bond acceptors (Lipinski definition) is 2. The van der Waals surface area contributed by atoms with Gasteiger partial charge in [-0.25, -0.2) is 0 Å². The van der Waals surface area contributed by atoms with E-state index in [1.807, 2.05) is 0 Å². The quantitative estimate of drug-likeness (QED) is 0.769. The van der Waals surface area contributed by atoms with Crippen molar-refractivity contribution in [2.75, 3.05) is 0 Å². The number of rotatable bonds is 2. The molecule has 0 amide bonds. The molecule has 102 valence electrons. The molecule has 0 radical (unpaired) electrons. The van der Waals surface area contributed by atoms with Crippen LogP contribution >= 0.6 is 27.5 Å². The van der Waals surface area contributed by atoms with Crippen molar-refractivity contribution in [3.05, 3.63) is 33.3 Å². The number of nitriles is 1. The van der Waals surface area contributed by atoms with E-state index >= 15 is 0 Å². The number of halogens is 2. The molecular formula is C15H17BrClNO. The molecule has 1 N–H and O–H groups in total. The molecule has 0 aliphatic heterocycles. The first-order valence-electron chi connectivity index (χ1n) is 6.63. The lowest BCUT2D eigenvalue weighted by Crippen LogP contribution is -2.27. The summed E-state index contributed by atoms with van der Waals surface area (Å²) in [5, 5.41) is 20.9. The fourth-order valence-corrected chi connectivity index (χ4v) is 3.73. The molecule has 1 aromatic carbocycles. The summed E-state index contributed by atoms with van der Waals surface area (Å²) in [6, 6.07) is 7.72. The third-order valence-corrected chi connectivity index (χ3v) is 4.92. The SMILES string of the molecule is N#CC1(C(O)c2ccc(Cl)cc2Br)CCCCCC1. The van der Waals surface area contributed by atoms with Crippen LogP contribution in [0, 0.1) is 16.7 Å². The number of aliphatic hydroxyl groups is 1. The molecule has 1 aliphatic carbocycles. The van der Waals surface area contributed by atoms with Crippen molar-refractivity contribution in [1.29, 1.82) is 5.26 Å². The van der Waals surface area contributed by atoms with E-state index in [1.54, 1.807) is 18.2 Å². The molecule has 1 aromatic rings. The largest absolute Gasteiger partial charge is 0.387 e. The lowest BCUT2D eigenvalue weighted by atomic mass is 9.74. The van der Waals surface area contributed by atoms with Gasteiger partial charge in [0.25, 0.3) is 0 Å². The number of benzene rings is 1. The molecule has 1 saturated carbocycles. The predicted molar refractivity (Wildman–Crippen MR) is 79.9 cm³/mol. The average Bonchev–Trinajstić information content (AvgIpc) is 2.64. The van der Waals surface area contributed by atoms with Crippen LogP contribution < -0.4 is 0 Å². The van der Waals surface area contributed by atoms with Gasteiger partial charge in [0.1, 0.15) is 0 Å². The molecule has 0 saturated heterocycles. The second kappa shape index (κ2) is 6.26. The Balaban J connectivity index is 2.34. The van der Waals surface area contributed by atoms with E-state index in [0.717, 1.165) is 48.6 Å². The summed E-state index contributed by atoms with van der Waals surface area (Å²) in [6.07, 6.45) is 5.09. The topological polar surface area (TPSA) is 44.0 Å². The number of aliphatic hydroxyl groups excluding tert-OH is 1. The minimum Gasteiger partial charge on any atom is -0.387 e. The van der Waals surface area contributed by atoms with Gasteiger partial charge in [0.15, 0.2) is 0 Å². The monoisotopic (exact) mass is 341 g/mol. The van der Waals surface area contributed by atoms with Gasteiger partial charge in [-0.3, -0.25) is 0 Å². The predicted octanol–water partition coefficient (Wildman–Crippen LogP) is 5.00. The van der Waals surface area contributed by atoms with E-state index in [0.29, 0.717) is 5.02 Å². The van der Waals surface area contributed by atoms with E-state index in [4.69, 9.17) is 11.6 Å². The molecule has 4 heteroatoms. The normalized spacial score (nSPS) is 20.3. The minimum absolute atomic E-state index is 0.620. The van der Waals surface area contributed by atoms with E-state index < -0.39 is 11.5 Å². The Morgan fingerprint density at radius 2 is 1.89 bits per heavy atom. The van der Waals surface area contributed by atoms with Crippen molar-refractivity contribution in [1.82, 2.24) is 0 Å². The summed E-state index contributed by atoms with van der Waals surface area (Å²) < 4.78 is 0.770. The fourth-order valence-electron chi connectivity index (χ4n) is 2.83. The van der Waals surface area contributed by atoms with Crippen LogP contribution in [0.2, 0.25) is 5.02 Å². The van der Waals surface area contributed by atoms with Gasteiger partial charge in [0.05, 0.1) is 17.6 Å². The van der Waals surface area contributed by atoms with E-state index in [2.05, 4.69) is 22.0 Å². The van der Waals surface area contributed by atoms with Crippen LogP contribution in [0.25, 0.3) is 0 Å². The first-order valence-corrected chi connectivity index (χ1v) is 7.80. The van der Waals surface area contributed by atoms with Gasteiger partial charge < -0.3 is 5.11 Å². The lowest BCUT2D eigenvalue weighted by molar-refractivity contribution is 0.0511. The molecule has 1 fully saturated rings. The molecule has 2 nitrogen and oxygen atoms in total. The fraction of sp³-hybridized carbons (Fsp3) is 0.533. The summed E-state index contributed by atoms with van der Waals surface area (Å²) in [4.78, 5) is 0. The third-order valence-electron chi connectivity index (χ3n) is 4.00. The Hall–Kier alpha value is -0.560. The average molecular weight is 343 g/mol. The molecule has 0 aromatic heterocycles. The van der Waals surface area contributed by atoms with Gasteiger partial charge in [-0.2, -0.15) is 5.26 Å². The zero-order chi connectivity index (χ0) is 13.9. The first kappa shape index (κ1) is 14.8. The van der Waals surface area contributed by atoms with Gasteiger partial charge >= 0.3 is 0 Å². The highest BCUT2D eigenvalue weighted by Gasteiger charge is 2.40. The van der Waals surface area contributed by atoms with Gasteiger partial charge in [-0.05, 0) is 30.5 Å². The highest BCUT2D eigenvalue weighted by atomic mass is 79.9. The number of nitrogens with zero attached hydrogens (tertiary/aromatic N) is 1. The highest BCUT2D eigenvalue weighted by molar-refractivity contribution is 9.10. The van der Waals surface area contributed by atoms with Crippen LogP contribution in [0.4, 0.5) is 0 Å². The lowest BCUT2D eigenvalue weighted by Gasteiger charge is -2.31. The van der Waals surface area contributed by atoms with E-state index in [9.17, 15) is 10.4 Å². The van der Waals surface area contributed by atoms with E-state index in [1.165, 1.54) is 0 Å². The van der Waals surface area contributed by atoms with Crippen molar-refractivity contribution < 1.29 is 5.11 Å². The van der Waals surface area contributed by atoms with Crippen LogP contribution in [0.3, 0.4) is 0 Å². The van der Waals surface area contributed by atoms with E-state index in [-0.39, 0.29) is 0 Å². The Kier molecular flexibility index (Phi) is 4.89. The Morgan fingerprint density at radius 1 is 1.26 bits per heavy atom. The maximum Gasteiger partial charge on any atom is 0.0987 e. The Morgan fingerprint density at radius 3 is 2.42 bits per heavy atom. The summed E-state index contributed by atoms with van der Waals surface area (Å²) in [7, 11) is 0. The van der Waals surface area contributed by atoms with Gasteiger partial charge in [0.2, 0.25) is 0 Å². The second-order valence-corrected chi connectivity index (χ2v) is 6.54. The molecule has 1 aliphatic rings. The smallest absolute Gasteiger partial charge is 0.0987 e. The molecule has 0 heterocycles. The molecule has 1 unspecified atom stereocenters. The molecule has 2 rings (SSSR count). The molecular weight excluding hydrogens is 326 g/mol. The van der Waals surface area contributed by atoms with Crippen LogP contribution in [-0.2, 0) is 0 Å². The van der Waals surface area contributed by atoms with Crippen molar-refractivity contribution in [3.8, 4) is 6.07 Å². The van der Waals surface area contributed by atoms with Crippen molar-refractivity contribution >= 4 is 27.5 Å². The van der Waals surface area contributed by atoms with Gasteiger partial charge in [-0.15, -0.1) is 0 Å². The van der Waals surface area contributed by atoms with Crippen LogP contribution in [0.15, 0.2) is 22.7 Å². The number of hydrogen-bond donors (Lipinski definition) is 1. The zero-order valence-electron chi connectivity index (χ0n) is 10.7. The zero-order valence-corrected chi connectivity index (χ0v) is 13.0. The Bertz CT molecular complexity index is 489. The molecule has 0 bridgehead atoms. The van der Waals surface area contributed by atoms with Crippen LogP contribution in [-0.4, -0.2) is 5.11 Å². The summed E-state index contributed by atoms with van der Waals surface area (Å²) in [5.74, 6) is 0. The molecule has 1 atom stereocenters. The third kappa shape index (κ3) is 3.13. The molecule has 0 spiro atoms. The maximum atomic E-state index is 10.7. The maximum absolute atomic E-state index is 10.7. The summed E-state index contributed by atoms with van der Waals surface area (Å²) in [5.41, 5.74) is 0.0974. The van der Waals surface area contributed by atoms with Crippen molar-refractivity contribution in [3.63, 3.8) is 0 Å². The molecule has 19 heavy (non-hydrogen) atoms. The minimum atomic E-state index is -0.762. The standard InChI is InChI=1S/C15H17BrClNO/c16-13-9-11(17)5-6-12(13)14(19)15(10-18)7-3-1-2-4-8-15/h5-6,9,14,19H,1-4,7-8H2. The Labute approximate surface area is 127 Å². The van der Waals surface area contributed by atoms with Crippen molar-refractivity contribution in [2.24, 2.45) is 5.41 Å². The van der Waals surface area contributed by atoms with Crippen LogP contribution in [0.5, 0.6) is 0 Å². The van der Waals surface area contributed by atoms with Gasteiger partial charge in [0, 0.05) is 9.50 Å². The van der Waals surface area contributed by atoms with Crippen LogP contribution in [0.1, 0.15) is 50.2 Å².